The van der Waals surface area contributed by atoms with Gasteiger partial charge in [-0.05, 0) is 50.5 Å². The average Bonchev–Trinajstić information content (AvgIpc) is 3.07. The molecule has 10 heteroatoms. The van der Waals surface area contributed by atoms with Gasteiger partial charge in [-0.1, -0.05) is 23.7 Å². The van der Waals surface area contributed by atoms with E-state index >= 15 is 0 Å². The number of halogens is 1. The van der Waals surface area contributed by atoms with E-state index in [1.807, 2.05) is 40.7 Å². The number of fused-ring (bicyclic) bond motifs is 1. The summed E-state index contributed by atoms with van der Waals surface area (Å²) in [5.41, 5.74) is 2.72. The number of hydrogen-bond acceptors (Lipinski definition) is 6. The van der Waals surface area contributed by atoms with Crippen LogP contribution in [0.3, 0.4) is 0 Å². The van der Waals surface area contributed by atoms with Crippen LogP contribution in [0.5, 0.6) is 0 Å². The van der Waals surface area contributed by atoms with Gasteiger partial charge in [0.05, 0.1) is 28.2 Å². The Morgan fingerprint density at radius 2 is 2.05 bits per heavy atom. The van der Waals surface area contributed by atoms with Gasteiger partial charge in [-0.2, -0.15) is 0 Å². The molecule has 1 atom stereocenters. The van der Waals surface area contributed by atoms with Crippen molar-refractivity contribution < 1.29 is 14.3 Å². The van der Waals surface area contributed by atoms with E-state index in [-0.39, 0.29) is 17.9 Å². The van der Waals surface area contributed by atoms with Crippen LogP contribution in [0.15, 0.2) is 48.7 Å². The number of amides is 2. The predicted molar refractivity (Wildman–Crippen MR) is 148 cm³/mol. The van der Waals surface area contributed by atoms with E-state index in [9.17, 15) is 9.59 Å². The molecular formula is C28H33ClN6O3. The zero-order valence-corrected chi connectivity index (χ0v) is 22.5. The van der Waals surface area contributed by atoms with Crippen LogP contribution in [0.25, 0.3) is 11.0 Å². The number of anilines is 1. The minimum atomic E-state index is -0.269. The Labute approximate surface area is 227 Å². The van der Waals surface area contributed by atoms with E-state index in [0.29, 0.717) is 41.2 Å². The van der Waals surface area contributed by atoms with Crippen molar-refractivity contribution in [1.82, 2.24) is 24.3 Å². The maximum atomic E-state index is 13.2. The van der Waals surface area contributed by atoms with Crippen LogP contribution in [-0.2, 0) is 9.53 Å². The van der Waals surface area contributed by atoms with Gasteiger partial charge in [0.2, 0.25) is 11.9 Å². The average molecular weight is 537 g/mol. The molecule has 0 spiro atoms. The lowest BCUT2D eigenvalue weighted by Gasteiger charge is -2.37. The van der Waals surface area contributed by atoms with Crippen molar-refractivity contribution in [1.29, 1.82) is 0 Å². The van der Waals surface area contributed by atoms with Crippen molar-refractivity contribution in [3.63, 3.8) is 0 Å². The summed E-state index contributed by atoms with van der Waals surface area (Å²) >= 11 is 6.66. The van der Waals surface area contributed by atoms with E-state index in [2.05, 4.69) is 15.2 Å². The van der Waals surface area contributed by atoms with Crippen LogP contribution >= 0.6 is 11.6 Å². The molecule has 2 fully saturated rings. The summed E-state index contributed by atoms with van der Waals surface area (Å²) in [5.74, 6) is 0.149. The number of pyridine rings is 1. The number of benzene rings is 1. The first-order valence-corrected chi connectivity index (χ1v) is 13.4. The molecule has 0 bridgehead atoms. The summed E-state index contributed by atoms with van der Waals surface area (Å²) in [6, 6.07) is 8.88. The molecule has 2 aliphatic heterocycles. The van der Waals surface area contributed by atoms with E-state index in [1.54, 1.807) is 31.5 Å². The van der Waals surface area contributed by atoms with Crippen LogP contribution in [0.2, 0.25) is 5.02 Å². The van der Waals surface area contributed by atoms with Gasteiger partial charge >= 0.3 is 0 Å². The summed E-state index contributed by atoms with van der Waals surface area (Å²) in [7, 11) is 1.73. The number of nitrogens with zero attached hydrogens (tertiary/aromatic N) is 5. The fourth-order valence-corrected chi connectivity index (χ4v) is 5.43. The fourth-order valence-electron chi connectivity index (χ4n) is 5.17. The number of carbonyl (C=O) groups excluding carboxylic acids is 2. The SMILES string of the molecule is COC1CN(C/C=C/C(=O)N2CCCC[C@@H](n3c(NC(=O)c4ccnc(C)c4)nc4cccc(Cl)c43)C2)C1. The standard InChI is InChI=1S/C28H33ClN6O3/c1-19-15-20(11-12-30-19)27(37)32-28-31-24-9-5-8-23(29)26(24)35(28)21-7-3-4-14-34(16-21)25(36)10-6-13-33-17-22(18-33)38-2/h5-6,8-12,15,21-22H,3-4,7,13-14,16-18H2,1-2H3,(H,31,32,37)/b10-6+/t21-/m1/s1. The van der Waals surface area contributed by atoms with Gasteiger partial charge in [0.25, 0.3) is 5.91 Å². The lowest BCUT2D eigenvalue weighted by Crippen LogP contribution is -2.51. The Hall–Kier alpha value is -3.27. The van der Waals surface area contributed by atoms with E-state index in [1.165, 1.54) is 0 Å². The second kappa shape index (κ2) is 11.6. The summed E-state index contributed by atoms with van der Waals surface area (Å²) in [6.07, 6.45) is 8.22. The summed E-state index contributed by atoms with van der Waals surface area (Å²) in [4.78, 5) is 39.3. The maximum Gasteiger partial charge on any atom is 0.258 e. The number of methoxy groups -OCH3 is 1. The highest BCUT2D eigenvalue weighted by atomic mass is 35.5. The largest absolute Gasteiger partial charge is 0.379 e. The first-order valence-electron chi connectivity index (χ1n) is 13.0. The number of likely N-dealkylation sites (tertiary alicyclic amines) is 2. The zero-order chi connectivity index (χ0) is 26.6. The molecule has 0 radical (unpaired) electrons. The molecule has 0 saturated carbocycles. The van der Waals surface area contributed by atoms with E-state index < -0.39 is 0 Å². The molecule has 3 aromatic rings. The highest BCUT2D eigenvalue weighted by Crippen LogP contribution is 2.34. The monoisotopic (exact) mass is 536 g/mol. The van der Waals surface area contributed by atoms with Gasteiger partial charge < -0.3 is 14.2 Å². The van der Waals surface area contributed by atoms with E-state index in [4.69, 9.17) is 21.3 Å². The molecule has 4 heterocycles. The lowest BCUT2D eigenvalue weighted by molar-refractivity contribution is -0.126. The predicted octanol–water partition coefficient (Wildman–Crippen LogP) is 4.09. The number of carbonyl (C=O) groups is 2. The first-order chi connectivity index (χ1) is 18.4. The zero-order valence-electron chi connectivity index (χ0n) is 21.8. The second-order valence-electron chi connectivity index (χ2n) is 9.97. The maximum absolute atomic E-state index is 13.2. The Morgan fingerprint density at radius 1 is 1.21 bits per heavy atom. The molecule has 9 nitrogen and oxygen atoms in total. The molecular weight excluding hydrogens is 504 g/mol. The van der Waals surface area contributed by atoms with Gasteiger partial charge in [-0.15, -0.1) is 0 Å². The lowest BCUT2D eigenvalue weighted by atomic mass is 10.1. The summed E-state index contributed by atoms with van der Waals surface area (Å²) in [6.45, 7) is 5.55. The minimum absolute atomic E-state index is 0.00548. The second-order valence-corrected chi connectivity index (χ2v) is 10.4. The molecule has 2 saturated heterocycles. The molecule has 2 amide bonds. The highest BCUT2D eigenvalue weighted by Gasteiger charge is 2.28. The number of ether oxygens (including phenoxy) is 1. The number of nitrogens with one attached hydrogen (secondary N) is 1. The Kier molecular flexibility index (Phi) is 8.06. The number of aromatic nitrogens is 3. The van der Waals surface area contributed by atoms with Gasteiger partial charge in [0, 0.05) is 63.4 Å². The fraction of sp³-hybridized carbons (Fsp3) is 0.429. The van der Waals surface area contributed by atoms with Gasteiger partial charge in [-0.25, -0.2) is 4.98 Å². The Bertz CT molecular complexity index is 1350. The molecule has 0 unspecified atom stereocenters. The molecule has 38 heavy (non-hydrogen) atoms. The highest BCUT2D eigenvalue weighted by molar-refractivity contribution is 6.35. The van der Waals surface area contributed by atoms with Crippen LogP contribution < -0.4 is 5.32 Å². The normalized spacial score (nSPS) is 19.0. The smallest absolute Gasteiger partial charge is 0.258 e. The number of hydrogen-bond donors (Lipinski definition) is 1. The van der Waals surface area contributed by atoms with Crippen molar-refractivity contribution in [3.8, 4) is 0 Å². The molecule has 2 aromatic heterocycles. The van der Waals surface area contributed by atoms with Gasteiger partial charge in [0.15, 0.2) is 0 Å². The first kappa shape index (κ1) is 26.3. The van der Waals surface area contributed by atoms with Crippen molar-refractivity contribution in [2.45, 2.75) is 38.3 Å². The van der Waals surface area contributed by atoms with Gasteiger partial charge in [0.1, 0.15) is 0 Å². The molecule has 200 valence electrons. The third-order valence-electron chi connectivity index (χ3n) is 7.25. The van der Waals surface area contributed by atoms with Gasteiger partial charge in [-0.3, -0.25) is 24.8 Å². The van der Waals surface area contributed by atoms with Crippen LogP contribution in [-0.4, -0.2) is 82.1 Å². The minimum Gasteiger partial charge on any atom is -0.379 e. The number of para-hydroxylation sites is 1. The number of rotatable bonds is 7. The number of imidazole rings is 1. The molecule has 0 aliphatic carbocycles. The van der Waals surface area contributed by atoms with E-state index in [0.717, 1.165) is 50.1 Å². The van der Waals surface area contributed by atoms with Crippen LogP contribution in [0, 0.1) is 6.92 Å². The number of aryl methyl sites for hydroxylation is 1. The molecule has 5 rings (SSSR count). The van der Waals surface area contributed by atoms with Crippen molar-refractivity contribution in [3.05, 3.63) is 65.0 Å². The molecule has 2 aliphatic rings. The molecule has 1 N–H and O–H groups in total. The summed E-state index contributed by atoms with van der Waals surface area (Å²) in [5, 5.41) is 3.55. The Morgan fingerprint density at radius 3 is 2.84 bits per heavy atom. The Balaban J connectivity index is 1.38. The van der Waals surface area contributed by atoms with Crippen molar-refractivity contribution in [2.75, 3.05) is 45.2 Å². The third-order valence-corrected chi connectivity index (χ3v) is 7.55. The molecule has 1 aromatic carbocycles. The van der Waals surface area contributed by atoms with Crippen LogP contribution in [0.1, 0.15) is 41.4 Å². The third kappa shape index (κ3) is 5.75. The quantitative estimate of drug-likeness (QED) is 0.457. The van der Waals surface area contributed by atoms with Crippen molar-refractivity contribution in [2.24, 2.45) is 0 Å². The summed E-state index contributed by atoms with van der Waals surface area (Å²) < 4.78 is 7.32. The van der Waals surface area contributed by atoms with Crippen molar-refractivity contribution >= 4 is 40.4 Å². The topological polar surface area (TPSA) is 92.6 Å². The van der Waals surface area contributed by atoms with Crippen LogP contribution in [0.4, 0.5) is 5.95 Å².